The van der Waals surface area contributed by atoms with E-state index in [1.165, 1.54) is 0 Å². The molecule has 0 aliphatic heterocycles. The second-order valence-corrected chi connectivity index (χ2v) is 3.91. The second-order valence-electron chi connectivity index (χ2n) is 3.91. The molecule has 0 radical (unpaired) electrons. The molecule has 0 rings (SSSR count). The Morgan fingerprint density at radius 3 is 2.46 bits per heavy atom. The molecule has 3 N–H and O–H groups in total. The molecular weight excluding hydrogens is 172 g/mol. The van der Waals surface area contributed by atoms with Gasteiger partial charge in [0.05, 0.1) is 0 Å². The zero-order valence-electron chi connectivity index (χ0n) is 8.55. The molecule has 5 heteroatoms. The van der Waals surface area contributed by atoms with Gasteiger partial charge in [0, 0.05) is 12.6 Å². The highest BCUT2D eigenvalue weighted by Crippen LogP contribution is 2.06. The summed E-state index contributed by atoms with van der Waals surface area (Å²) < 4.78 is 4.97. The molecule has 0 heterocycles. The molecule has 0 aromatic rings. The first-order valence-corrected chi connectivity index (χ1v) is 4.21. The lowest BCUT2D eigenvalue weighted by atomic mass is 10.2. The molecule has 1 amide bonds. The molecular formula is C8H18N2O3. The van der Waals surface area contributed by atoms with Crippen LogP contribution in [0.2, 0.25) is 0 Å². The fraction of sp³-hybridized carbons (Fsp3) is 0.875. The Hall–Kier alpha value is -0.810. The van der Waals surface area contributed by atoms with E-state index in [1.807, 2.05) is 5.48 Å². The molecule has 0 fully saturated rings. The number of ether oxygens (including phenoxy) is 1. The summed E-state index contributed by atoms with van der Waals surface area (Å²) >= 11 is 0. The molecule has 1 atom stereocenters. The molecule has 0 bridgehead atoms. The third kappa shape index (κ3) is 7.55. The molecule has 0 spiro atoms. The topological polar surface area (TPSA) is 70.6 Å². The predicted molar refractivity (Wildman–Crippen MR) is 48.6 cm³/mol. The van der Waals surface area contributed by atoms with Gasteiger partial charge in [0.1, 0.15) is 5.60 Å². The van der Waals surface area contributed by atoms with Crippen molar-refractivity contribution >= 4 is 6.09 Å². The van der Waals surface area contributed by atoms with Crippen LogP contribution in [0.5, 0.6) is 0 Å². The highest BCUT2D eigenvalue weighted by molar-refractivity contribution is 5.67. The average Bonchev–Trinajstić information content (AvgIpc) is 1.97. The minimum atomic E-state index is -0.486. The number of amides is 1. The van der Waals surface area contributed by atoms with Crippen LogP contribution in [0.15, 0.2) is 0 Å². The first-order valence-electron chi connectivity index (χ1n) is 4.21. The molecule has 1 unspecified atom stereocenters. The monoisotopic (exact) mass is 190 g/mol. The smallest absolute Gasteiger partial charge is 0.407 e. The average molecular weight is 190 g/mol. The van der Waals surface area contributed by atoms with Crippen molar-refractivity contribution in [1.82, 2.24) is 10.8 Å². The number of nitrogens with one attached hydrogen (secondary N) is 2. The van der Waals surface area contributed by atoms with Gasteiger partial charge in [0.25, 0.3) is 0 Å². The zero-order chi connectivity index (χ0) is 10.5. The van der Waals surface area contributed by atoms with Gasteiger partial charge in [-0.1, -0.05) is 0 Å². The van der Waals surface area contributed by atoms with Gasteiger partial charge in [-0.05, 0) is 27.7 Å². The molecule has 78 valence electrons. The summed E-state index contributed by atoms with van der Waals surface area (Å²) in [5, 5.41) is 10.9. The van der Waals surface area contributed by atoms with E-state index < -0.39 is 11.7 Å². The Morgan fingerprint density at radius 1 is 1.54 bits per heavy atom. The van der Waals surface area contributed by atoms with Gasteiger partial charge in [-0.25, -0.2) is 10.3 Å². The van der Waals surface area contributed by atoms with Gasteiger partial charge in [0.2, 0.25) is 0 Å². The lowest BCUT2D eigenvalue weighted by Gasteiger charge is -2.20. The summed E-state index contributed by atoms with van der Waals surface area (Å²) in [5.74, 6) is 0. The van der Waals surface area contributed by atoms with Crippen LogP contribution in [-0.4, -0.2) is 29.5 Å². The number of hydroxylamine groups is 1. The summed E-state index contributed by atoms with van der Waals surface area (Å²) in [5.41, 5.74) is 1.53. The Bertz CT molecular complexity index is 165. The van der Waals surface area contributed by atoms with Crippen LogP contribution in [0.3, 0.4) is 0 Å². The predicted octanol–water partition coefficient (Wildman–Crippen LogP) is 0.878. The molecule has 13 heavy (non-hydrogen) atoms. The Morgan fingerprint density at radius 2 is 2.08 bits per heavy atom. The molecule has 0 saturated heterocycles. The summed E-state index contributed by atoms with van der Waals surface area (Å²) in [6.45, 7) is 7.43. The van der Waals surface area contributed by atoms with Gasteiger partial charge in [-0.15, -0.1) is 0 Å². The van der Waals surface area contributed by atoms with Gasteiger partial charge in [-0.3, -0.25) is 0 Å². The summed E-state index contributed by atoms with van der Waals surface area (Å²) in [6, 6.07) is -0.187. The SMILES string of the molecule is CC(CNC(=O)OC(C)(C)C)NO. The number of carbonyl (C=O) groups excluding carboxylic acids is 1. The zero-order valence-corrected chi connectivity index (χ0v) is 8.55. The Labute approximate surface area is 78.4 Å². The number of rotatable bonds is 3. The summed E-state index contributed by atoms with van der Waals surface area (Å²) in [6.07, 6.45) is -0.477. The number of alkyl carbamates (subject to hydrolysis) is 1. The van der Waals surface area contributed by atoms with Gasteiger partial charge >= 0.3 is 6.09 Å². The van der Waals surface area contributed by atoms with Gasteiger partial charge in [0.15, 0.2) is 0 Å². The van der Waals surface area contributed by atoms with Gasteiger partial charge in [-0.2, -0.15) is 0 Å². The van der Waals surface area contributed by atoms with Crippen LogP contribution in [0, 0.1) is 0 Å². The third-order valence-corrected chi connectivity index (χ3v) is 1.17. The molecule has 0 aliphatic rings. The maximum absolute atomic E-state index is 11.0. The number of carbonyl (C=O) groups is 1. The van der Waals surface area contributed by atoms with E-state index in [-0.39, 0.29) is 6.04 Å². The summed E-state index contributed by atoms with van der Waals surface area (Å²) in [4.78, 5) is 11.0. The van der Waals surface area contributed by atoms with E-state index in [2.05, 4.69) is 5.32 Å². The molecule has 0 aromatic carbocycles. The van der Waals surface area contributed by atoms with Crippen LogP contribution in [0.1, 0.15) is 27.7 Å². The maximum Gasteiger partial charge on any atom is 0.407 e. The van der Waals surface area contributed by atoms with Crippen LogP contribution in [0.25, 0.3) is 0 Å². The molecule has 0 saturated carbocycles. The fourth-order valence-corrected chi connectivity index (χ4v) is 0.596. The van der Waals surface area contributed by atoms with E-state index >= 15 is 0 Å². The largest absolute Gasteiger partial charge is 0.444 e. The van der Waals surface area contributed by atoms with E-state index in [1.54, 1.807) is 27.7 Å². The van der Waals surface area contributed by atoms with Crippen LogP contribution in [-0.2, 0) is 4.74 Å². The Kier molecular flexibility index (Phi) is 4.72. The lowest BCUT2D eigenvalue weighted by Crippen LogP contribution is -2.40. The maximum atomic E-state index is 11.0. The lowest BCUT2D eigenvalue weighted by molar-refractivity contribution is 0.0506. The highest BCUT2D eigenvalue weighted by Gasteiger charge is 2.15. The van der Waals surface area contributed by atoms with Crippen LogP contribution in [0.4, 0.5) is 4.79 Å². The first kappa shape index (κ1) is 12.2. The quantitative estimate of drug-likeness (QED) is 0.578. The number of hydrogen-bond donors (Lipinski definition) is 3. The second kappa shape index (κ2) is 5.04. The van der Waals surface area contributed by atoms with Crippen LogP contribution >= 0.6 is 0 Å². The van der Waals surface area contributed by atoms with Crippen molar-refractivity contribution in [2.24, 2.45) is 0 Å². The van der Waals surface area contributed by atoms with E-state index in [9.17, 15) is 4.79 Å². The molecule has 0 aromatic heterocycles. The van der Waals surface area contributed by atoms with Crippen LogP contribution < -0.4 is 10.8 Å². The minimum absolute atomic E-state index is 0.187. The van der Waals surface area contributed by atoms with E-state index in [4.69, 9.17) is 9.94 Å². The molecule has 5 nitrogen and oxygen atoms in total. The summed E-state index contributed by atoms with van der Waals surface area (Å²) in [7, 11) is 0. The van der Waals surface area contributed by atoms with Crippen molar-refractivity contribution in [3.05, 3.63) is 0 Å². The van der Waals surface area contributed by atoms with Crippen molar-refractivity contribution in [3.63, 3.8) is 0 Å². The minimum Gasteiger partial charge on any atom is -0.444 e. The normalized spacial score (nSPS) is 13.6. The third-order valence-electron chi connectivity index (χ3n) is 1.17. The first-order chi connectivity index (χ1) is 5.85. The van der Waals surface area contributed by atoms with Crippen molar-refractivity contribution in [2.45, 2.75) is 39.3 Å². The molecule has 0 aliphatic carbocycles. The highest BCUT2D eigenvalue weighted by atomic mass is 16.6. The van der Waals surface area contributed by atoms with E-state index in [0.29, 0.717) is 6.54 Å². The standard InChI is InChI=1S/C8H18N2O3/c1-6(10-12)5-9-7(11)13-8(2,3)4/h6,10,12H,5H2,1-4H3,(H,9,11). The fourth-order valence-electron chi connectivity index (χ4n) is 0.596. The van der Waals surface area contributed by atoms with Crippen molar-refractivity contribution in [1.29, 1.82) is 0 Å². The van der Waals surface area contributed by atoms with Gasteiger partial charge < -0.3 is 15.3 Å². The van der Waals surface area contributed by atoms with Crippen molar-refractivity contribution in [2.75, 3.05) is 6.54 Å². The van der Waals surface area contributed by atoms with Crippen molar-refractivity contribution < 1.29 is 14.7 Å². The van der Waals surface area contributed by atoms with Crippen molar-refractivity contribution in [3.8, 4) is 0 Å². The van der Waals surface area contributed by atoms with E-state index in [0.717, 1.165) is 0 Å². The Balaban J connectivity index is 3.64. The number of hydrogen-bond acceptors (Lipinski definition) is 4.